The second kappa shape index (κ2) is 9.61. The third-order valence-electron chi connectivity index (χ3n) is 4.97. The number of hydrogen-bond donors (Lipinski definition) is 2. The summed E-state index contributed by atoms with van der Waals surface area (Å²) in [4.78, 5) is 28.4. The molecule has 0 aliphatic carbocycles. The molecule has 0 saturated heterocycles. The first-order valence-electron chi connectivity index (χ1n) is 9.64. The second-order valence-electron chi connectivity index (χ2n) is 7.24. The minimum Gasteiger partial charge on any atom is -0.475 e. The van der Waals surface area contributed by atoms with E-state index in [1.165, 1.54) is 0 Å². The lowest BCUT2D eigenvalue weighted by Crippen LogP contribution is -2.24. The molecule has 3 heterocycles. The Hall–Kier alpha value is -3.15. The summed E-state index contributed by atoms with van der Waals surface area (Å²) in [5, 5.41) is 12.5. The number of carbonyl (C=O) groups excluding carboxylic acids is 1. The minimum absolute atomic E-state index is 0.160. The molecule has 13 heteroatoms. The van der Waals surface area contributed by atoms with Crippen LogP contribution in [0.3, 0.4) is 0 Å². The van der Waals surface area contributed by atoms with Gasteiger partial charge in [-0.1, -0.05) is 29.3 Å². The van der Waals surface area contributed by atoms with Crippen LogP contribution in [0.5, 0.6) is 0 Å². The first-order chi connectivity index (χ1) is 15.8. The van der Waals surface area contributed by atoms with Crippen molar-refractivity contribution in [3.8, 4) is 11.1 Å². The molecule has 3 N–H and O–H groups in total. The molecule has 4 rings (SSSR count). The predicted molar refractivity (Wildman–Crippen MR) is 120 cm³/mol. The zero-order valence-electron chi connectivity index (χ0n) is 17.8. The highest BCUT2D eigenvalue weighted by Gasteiger charge is 2.38. The number of carboxylic acid groups (broad SMARTS) is 1. The van der Waals surface area contributed by atoms with Crippen LogP contribution in [0.15, 0.2) is 30.5 Å². The second-order valence-corrected chi connectivity index (χ2v) is 8.09. The van der Waals surface area contributed by atoms with Crippen molar-refractivity contribution in [1.29, 1.82) is 0 Å². The number of aromatic nitrogens is 3. The molecule has 1 aromatic carbocycles. The Morgan fingerprint density at radius 1 is 1.24 bits per heavy atom. The first kappa shape index (κ1) is 25.5. The first-order valence-corrected chi connectivity index (χ1v) is 10.4. The van der Waals surface area contributed by atoms with Crippen molar-refractivity contribution in [2.45, 2.75) is 26.2 Å². The summed E-state index contributed by atoms with van der Waals surface area (Å²) in [7, 11) is 1.81. The number of alkyl halides is 3. The maximum absolute atomic E-state index is 13.3. The average molecular weight is 516 g/mol. The number of aliphatic carboxylic acids is 1. The molecule has 0 fully saturated rings. The van der Waals surface area contributed by atoms with Gasteiger partial charge in [0.2, 0.25) is 0 Å². The molecule has 34 heavy (non-hydrogen) atoms. The van der Waals surface area contributed by atoms with Crippen molar-refractivity contribution in [2.75, 3.05) is 4.90 Å². The molecular weight excluding hydrogens is 498 g/mol. The van der Waals surface area contributed by atoms with Gasteiger partial charge in [-0.15, -0.1) is 0 Å². The van der Waals surface area contributed by atoms with E-state index < -0.39 is 12.1 Å². The highest BCUT2D eigenvalue weighted by Crippen LogP contribution is 2.40. The molecule has 2 aromatic heterocycles. The van der Waals surface area contributed by atoms with Crippen LogP contribution in [0.25, 0.3) is 11.1 Å². The predicted octanol–water partition coefficient (Wildman–Crippen LogP) is 4.35. The van der Waals surface area contributed by atoms with E-state index >= 15 is 0 Å². The molecule has 0 spiro atoms. The number of fused-ring (bicyclic) bond motifs is 1. The van der Waals surface area contributed by atoms with E-state index in [2.05, 4.69) is 10.1 Å². The number of anilines is 1. The number of hydrogen-bond acceptors (Lipinski definition) is 5. The molecule has 1 amide bonds. The molecule has 0 saturated carbocycles. The van der Waals surface area contributed by atoms with Gasteiger partial charge in [0.15, 0.2) is 5.82 Å². The number of carbonyl (C=O) groups is 2. The van der Waals surface area contributed by atoms with Crippen LogP contribution < -0.4 is 10.6 Å². The van der Waals surface area contributed by atoms with Crippen LogP contribution >= 0.6 is 23.2 Å². The van der Waals surface area contributed by atoms with Gasteiger partial charge in [0.25, 0.3) is 5.91 Å². The molecule has 180 valence electrons. The normalized spacial score (nSPS) is 12.9. The smallest absolute Gasteiger partial charge is 0.475 e. The van der Waals surface area contributed by atoms with Gasteiger partial charge in [0.1, 0.15) is 0 Å². The molecule has 0 unspecified atom stereocenters. The number of carboxylic acids is 1. The number of benzene rings is 1. The quantitative estimate of drug-likeness (QED) is 0.535. The van der Waals surface area contributed by atoms with E-state index in [-0.39, 0.29) is 12.5 Å². The van der Waals surface area contributed by atoms with Crippen LogP contribution in [0, 0.1) is 6.92 Å². The van der Waals surface area contributed by atoms with Gasteiger partial charge in [-0.3, -0.25) is 19.4 Å². The maximum atomic E-state index is 13.3. The highest BCUT2D eigenvalue weighted by molar-refractivity contribution is 6.36. The zero-order chi connectivity index (χ0) is 25.4. The van der Waals surface area contributed by atoms with Crippen LogP contribution in [-0.4, -0.2) is 37.9 Å². The lowest BCUT2D eigenvalue weighted by Gasteiger charge is -2.16. The van der Waals surface area contributed by atoms with E-state index in [1.54, 1.807) is 34.0 Å². The van der Waals surface area contributed by atoms with Crippen molar-refractivity contribution < 1.29 is 27.9 Å². The molecule has 1 aliphatic rings. The van der Waals surface area contributed by atoms with Gasteiger partial charge in [-0.05, 0) is 24.6 Å². The molecule has 3 aromatic rings. The van der Waals surface area contributed by atoms with Gasteiger partial charge in [0, 0.05) is 52.7 Å². The number of halogens is 5. The number of nitrogens with zero attached hydrogens (tertiary/aromatic N) is 4. The van der Waals surface area contributed by atoms with Crippen molar-refractivity contribution in [1.82, 2.24) is 14.8 Å². The topological polar surface area (TPSA) is 114 Å². The number of aryl methyl sites for hydroxylation is 2. The third-order valence-corrected chi connectivity index (χ3v) is 5.52. The van der Waals surface area contributed by atoms with Gasteiger partial charge in [0.05, 0.1) is 17.8 Å². The Morgan fingerprint density at radius 2 is 1.88 bits per heavy atom. The summed E-state index contributed by atoms with van der Waals surface area (Å²) < 4.78 is 33.4. The lowest BCUT2D eigenvalue weighted by molar-refractivity contribution is -0.192. The average Bonchev–Trinajstić information content (AvgIpc) is 3.30. The molecule has 0 radical (unpaired) electrons. The van der Waals surface area contributed by atoms with Gasteiger partial charge in [-0.25, -0.2) is 4.79 Å². The monoisotopic (exact) mass is 515 g/mol. The number of amides is 1. The van der Waals surface area contributed by atoms with E-state index in [0.717, 1.165) is 22.4 Å². The molecule has 8 nitrogen and oxygen atoms in total. The van der Waals surface area contributed by atoms with Crippen LogP contribution in [0.4, 0.5) is 19.0 Å². The Bertz CT molecular complexity index is 1280. The summed E-state index contributed by atoms with van der Waals surface area (Å²) in [5.74, 6) is -2.33. The Balaban J connectivity index is 0.000000406. The van der Waals surface area contributed by atoms with Crippen LogP contribution in [-0.2, 0) is 24.9 Å². The highest BCUT2D eigenvalue weighted by atomic mass is 35.5. The zero-order valence-corrected chi connectivity index (χ0v) is 19.3. The summed E-state index contributed by atoms with van der Waals surface area (Å²) in [6.07, 6.45) is -3.29. The van der Waals surface area contributed by atoms with Crippen LogP contribution in [0.2, 0.25) is 10.0 Å². The fourth-order valence-electron chi connectivity index (χ4n) is 3.47. The van der Waals surface area contributed by atoms with E-state index in [9.17, 15) is 18.0 Å². The molecule has 0 atom stereocenters. The van der Waals surface area contributed by atoms with Crippen molar-refractivity contribution >= 4 is 40.9 Å². The third kappa shape index (κ3) is 5.01. The number of rotatable bonds is 3. The van der Waals surface area contributed by atoms with Crippen molar-refractivity contribution in [2.24, 2.45) is 12.8 Å². The van der Waals surface area contributed by atoms with Gasteiger partial charge >= 0.3 is 12.1 Å². The standard InChI is InChI=1S/C19H17Cl2N5O.C2HF3O2/c1-10-13(8-22)17(12-4-3-11(20)7-14(12)21)18-15(23-10)9-26(19(18)27)16-5-6-25(2)24-16;3-2(4,5)1(6)7/h3-7H,8-9,22H2,1-2H3;(H,6,7). The minimum atomic E-state index is -5.08. The van der Waals surface area contributed by atoms with E-state index in [4.69, 9.17) is 38.8 Å². The fraction of sp³-hybridized carbons (Fsp3) is 0.238. The van der Waals surface area contributed by atoms with E-state index in [0.29, 0.717) is 33.7 Å². The molecule has 0 bridgehead atoms. The van der Waals surface area contributed by atoms with Crippen molar-refractivity contribution in [3.05, 3.63) is 63.0 Å². The maximum Gasteiger partial charge on any atom is 0.490 e. The Labute approximate surface area is 201 Å². The van der Waals surface area contributed by atoms with Gasteiger partial charge < -0.3 is 10.8 Å². The SMILES string of the molecule is Cc1nc2c(c(-c3ccc(Cl)cc3Cl)c1CN)C(=O)N(c1ccn(C)n1)C2.O=C(O)C(F)(F)F. The molecule has 1 aliphatic heterocycles. The van der Waals surface area contributed by atoms with Gasteiger partial charge in [-0.2, -0.15) is 18.3 Å². The molecular formula is C21H18Cl2F3N5O3. The Morgan fingerprint density at radius 3 is 2.38 bits per heavy atom. The lowest BCUT2D eigenvalue weighted by atomic mass is 9.93. The summed E-state index contributed by atoms with van der Waals surface area (Å²) in [5.41, 5.74) is 10.3. The summed E-state index contributed by atoms with van der Waals surface area (Å²) in [6.45, 7) is 2.50. The largest absolute Gasteiger partial charge is 0.490 e. The van der Waals surface area contributed by atoms with Crippen LogP contribution in [0.1, 0.15) is 27.3 Å². The van der Waals surface area contributed by atoms with E-state index in [1.807, 2.05) is 20.0 Å². The fourth-order valence-corrected chi connectivity index (χ4v) is 3.98. The van der Waals surface area contributed by atoms with Crippen molar-refractivity contribution in [3.63, 3.8) is 0 Å². The number of pyridine rings is 1. The Kier molecular flexibility index (Phi) is 7.20. The number of nitrogens with two attached hydrogens (primary N) is 1. The summed E-state index contributed by atoms with van der Waals surface area (Å²) >= 11 is 12.5. The summed E-state index contributed by atoms with van der Waals surface area (Å²) in [6, 6.07) is 7.03.